The predicted octanol–water partition coefficient (Wildman–Crippen LogP) is 4.66. The largest absolute Gasteiger partial charge is 0.435 e. The van der Waals surface area contributed by atoms with Crippen LogP contribution >= 0.6 is 24.8 Å². The summed E-state index contributed by atoms with van der Waals surface area (Å²) in [6.07, 6.45) is 4.61. The lowest BCUT2D eigenvalue weighted by molar-refractivity contribution is -0.0499. The van der Waals surface area contributed by atoms with E-state index in [1.807, 2.05) is 12.1 Å². The monoisotopic (exact) mass is 384 g/mol. The Morgan fingerprint density at radius 3 is 2.50 bits per heavy atom. The van der Waals surface area contributed by atoms with Gasteiger partial charge in [0, 0.05) is 32.2 Å². The second-order valence-electron chi connectivity index (χ2n) is 5.75. The number of halogens is 4. The Kier molecular flexibility index (Phi) is 12.4. The molecule has 0 unspecified atom stereocenters. The summed E-state index contributed by atoms with van der Waals surface area (Å²) < 4.78 is 29.4. The summed E-state index contributed by atoms with van der Waals surface area (Å²) in [6.45, 7) is 3.38. The van der Waals surface area contributed by atoms with E-state index in [0.717, 1.165) is 44.6 Å². The lowest BCUT2D eigenvalue weighted by Gasteiger charge is -2.35. The molecule has 1 aliphatic heterocycles. The van der Waals surface area contributed by atoms with Crippen LogP contribution in [0.4, 0.5) is 8.78 Å². The summed E-state index contributed by atoms with van der Waals surface area (Å²) >= 11 is 0. The van der Waals surface area contributed by atoms with Crippen molar-refractivity contribution in [1.29, 1.82) is 0 Å². The van der Waals surface area contributed by atoms with E-state index in [1.165, 1.54) is 12.8 Å². The second-order valence-corrected chi connectivity index (χ2v) is 5.75. The molecule has 1 aromatic rings. The lowest BCUT2D eigenvalue weighted by Crippen LogP contribution is -2.45. The molecule has 1 N–H and O–H groups in total. The minimum Gasteiger partial charge on any atom is -0.435 e. The summed E-state index contributed by atoms with van der Waals surface area (Å²) in [4.78, 5) is 2.45. The fourth-order valence-corrected chi connectivity index (χ4v) is 3.04. The van der Waals surface area contributed by atoms with Crippen molar-refractivity contribution in [3.8, 4) is 5.75 Å². The first-order valence-electron chi connectivity index (χ1n) is 8.20. The molecule has 3 nitrogen and oxygen atoms in total. The van der Waals surface area contributed by atoms with Gasteiger partial charge in [-0.15, -0.1) is 24.8 Å². The zero-order chi connectivity index (χ0) is 15.8. The number of benzene rings is 1. The van der Waals surface area contributed by atoms with Crippen LogP contribution in [0.5, 0.6) is 5.75 Å². The maximum atomic E-state index is 12.4. The molecule has 1 saturated heterocycles. The predicted molar refractivity (Wildman–Crippen MR) is 98.9 cm³/mol. The van der Waals surface area contributed by atoms with Gasteiger partial charge >= 0.3 is 6.61 Å². The topological polar surface area (TPSA) is 24.5 Å². The molecule has 0 aromatic heterocycles. The molecule has 0 spiro atoms. The summed E-state index contributed by atoms with van der Waals surface area (Å²) in [7, 11) is 0. The third-order valence-corrected chi connectivity index (χ3v) is 4.14. The Morgan fingerprint density at radius 2 is 1.88 bits per heavy atom. The normalized spacial score (nSPS) is 16.2. The molecular formula is C17H28Cl2F2N2O. The van der Waals surface area contributed by atoms with Gasteiger partial charge in [-0.3, -0.25) is 4.90 Å². The molecule has 24 heavy (non-hydrogen) atoms. The summed E-state index contributed by atoms with van der Waals surface area (Å²) in [5, 5.41) is 3.36. The summed E-state index contributed by atoms with van der Waals surface area (Å²) in [5.41, 5.74) is 1.08. The van der Waals surface area contributed by atoms with E-state index in [0.29, 0.717) is 0 Å². The Morgan fingerprint density at radius 1 is 1.17 bits per heavy atom. The first-order valence-corrected chi connectivity index (χ1v) is 8.20. The van der Waals surface area contributed by atoms with Crippen molar-refractivity contribution < 1.29 is 13.5 Å². The van der Waals surface area contributed by atoms with Crippen LogP contribution in [-0.4, -0.2) is 37.7 Å². The van der Waals surface area contributed by atoms with Crippen molar-refractivity contribution in [1.82, 2.24) is 10.2 Å². The number of ether oxygens (including phenoxy) is 1. The highest BCUT2D eigenvalue weighted by Gasteiger charge is 2.22. The Hall–Kier alpha value is -0.620. The highest BCUT2D eigenvalue weighted by Crippen LogP contribution is 2.29. The van der Waals surface area contributed by atoms with Crippen molar-refractivity contribution in [2.45, 2.75) is 45.3 Å². The van der Waals surface area contributed by atoms with Gasteiger partial charge in [-0.05, 0) is 24.1 Å². The standard InChI is InChI=1S/C17H26F2N2O.2ClH/c1-2-3-4-8-16(21-11-9-20-10-12-21)14-6-5-7-15(13-14)22-17(18)19;;/h5-7,13,16-17,20H,2-4,8-12H2,1H3;2*1H/t16-;;/m1../s1. The molecule has 1 fully saturated rings. The van der Waals surface area contributed by atoms with Crippen LogP contribution in [0.1, 0.15) is 44.2 Å². The van der Waals surface area contributed by atoms with Crippen molar-refractivity contribution in [2.24, 2.45) is 0 Å². The van der Waals surface area contributed by atoms with Gasteiger partial charge < -0.3 is 10.1 Å². The van der Waals surface area contributed by atoms with Gasteiger partial charge in [-0.25, -0.2) is 0 Å². The quantitative estimate of drug-likeness (QED) is 0.659. The number of nitrogens with one attached hydrogen (secondary N) is 1. The molecule has 1 atom stereocenters. The number of alkyl halides is 2. The Balaban J connectivity index is 0.00000264. The molecular weight excluding hydrogens is 357 g/mol. The van der Waals surface area contributed by atoms with Gasteiger partial charge in [0.05, 0.1) is 0 Å². The molecule has 0 amide bonds. The lowest BCUT2D eigenvalue weighted by atomic mass is 9.98. The van der Waals surface area contributed by atoms with Crippen LogP contribution in [0.25, 0.3) is 0 Å². The Bertz CT molecular complexity index is 446. The fraction of sp³-hybridized carbons (Fsp3) is 0.647. The molecule has 140 valence electrons. The zero-order valence-electron chi connectivity index (χ0n) is 14.0. The zero-order valence-corrected chi connectivity index (χ0v) is 15.7. The third kappa shape index (κ3) is 7.51. The first-order chi connectivity index (χ1) is 10.7. The summed E-state index contributed by atoms with van der Waals surface area (Å²) in [6, 6.07) is 7.48. The van der Waals surface area contributed by atoms with E-state index in [9.17, 15) is 8.78 Å². The fourth-order valence-electron chi connectivity index (χ4n) is 3.04. The van der Waals surface area contributed by atoms with Gasteiger partial charge in [0.15, 0.2) is 0 Å². The van der Waals surface area contributed by atoms with Crippen LogP contribution in [0.3, 0.4) is 0 Å². The molecule has 0 bridgehead atoms. The number of hydrogen-bond donors (Lipinski definition) is 1. The van der Waals surface area contributed by atoms with Crippen LogP contribution in [0.2, 0.25) is 0 Å². The maximum Gasteiger partial charge on any atom is 0.387 e. The van der Waals surface area contributed by atoms with E-state index in [2.05, 4.69) is 21.9 Å². The first kappa shape index (κ1) is 23.4. The highest BCUT2D eigenvalue weighted by molar-refractivity contribution is 5.85. The highest BCUT2D eigenvalue weighted by atomic mass is 35.5. The minimum atomic E-state index is -2.77. The van der Waals surface area contributed by atoms with Crippen molar-refractivity contribution >= 4 is 24.8 Å². The molecule has 1 aliphatic rings. The van der Waals surface area contributed by atoms with Gasteiger partial charge in [0.1, 0.15) is 5.75 Å². The smallest absolute Gasteiger partial charge is 0.387 e. The maximum absolute atomic E-state index is 12.4. The molecule has 1 heterocycles. The molecule has 7 heteroatoms. The minimum absolute atomic E-state index is 0. The van der Waals surface area contributed by atoms with E-state index >= 15 is 0 Å². The van der Waals surface area contributed by atoms with Gasteiger partial charge in [-0.1, -0.05) is 38.3 Å². The van der Waals surface area contributed by atoms with Crippen molar-refractivity contribution in [3.05, 3.63) is 29.8 Å². The van der Waals surface area contributed by atoms with Crippen molar-refractivity contribution in [3.63, 3.8) is 0 Å². The van der Waals surface area contributed by atoms with Gasteiger partial charge in [-0.2, -0.15) is 8.78 Å². The number of rotatable bonds is 8. The summed E-state index contributed by atoms with van der Waals surface area (Å²) in [5.74, 6) is 0.253. The molecule has 0 radical (unpaired) electrons. The average Bonchev–Trinajstić information content (AvgIpc) is 2.52. The van der Waals surface area contributed by atoms with E-state index < -0.39 is 6.61 Å². The molecule has 0 saturated carbocycles. The van der Waals surface area contributed by atoms with Crippen LogP contribution in [0.15, 0.2) is 24.3 Å². The Labute approximate surface area is 156 Å². The van der Waals surface area contributed by atoms with E-state index in [-0.39, 0.29) is 36.6 Å². The number of hydrogen-bond acceptors (Lipinski definition) is 3. The van der Waals surface area contributed by atoms with Crippen LogP contribution in [0, 0.1) is 0 Å². The molecule has 2 rings (SSSR count). The van der Waals surface area contributed by atoms with Crippen LogP contribution in [-0.2, 0) is 0 Å². The number of piperazine rings is 1. The number of nitrogens with zero attached hydrogens (tertiary/aromatic N) is 1. The van der Waals surface area contributed by atoms with Gasteiger partial charge in [0.25, 0.3) is 0 Å². The molecule has 0 aliphatic carbocycles. The van der Waals surface area contributed by atoms with Crippen LogP contribution < -0.4 is 10.1 Å². The second kappa shape index (κ2) is 12.7. The van der Waals surface area contributed by atoms with E-state index in [4.69, 9.17) is 0 Å². The van der Waals surface area contributed by atoms with Gasteiger partial charge in [0.2, 0.25) is 0 Å². The SMILES string of the molecule is CCCCC[C@H](c1cccc(OC(F)F)c1)N1CCNCC1.Cl.Cl. The van der Waals surface area contributed by atoms with E-state index in [1.54, 1.807) is 12.1 Å². The average molecular weight is 385 g/mol. The molecule has 1 aromatic carbocycles. The van der Waals surface area contributed by atoms with Crippen molar-refractivity contribution in [2.75, 3.05) is 26.2 Å². The third-order valence-electron chi connectivity index (χ3n) is 4.14. The number of unbranched alkanes of at least 4 members (excludes halogenated alkanes) is 2.